The molecule has 0 saturated carbocycles. The molecule has 3 aromatic rings. The fourth-order valence-electron chi connectivity index (χ4n) is 4.18. The van der Waals surface area contributed by atoms with Crippen molar-refractivity contribution in [3.8, 4) is 22.6 Å². The second-order valence-electron chi connectivity index (χ2n) is 6.55. The van der Waals surface area contributed by atoms with Crippen LogP contribution in [-0.2, 0) is 12.8 Å². The van der Waals surface area contributed by atoms with E-state index in [2.05, 4.69) is 16.9 Å². The molecular weight excluding hydrogens is 344 g/mol. The summed E-state index contributed by atoms with van der Waals surface area (Å²) < 4.78 is 1.69. The van der Waals surface area contributed by atoms with Crippen LogP contribution in [0.1, 0.15) is 22.7 Å². The van der Waals surface area contributed by atoms with Crippen molar-refractivity contribution in [1.29, 1.82) is 0 Å². The van der Waals surface area contributed by atoms with E-state index >= 15 is 0 Å². The van der Waals surface area contributed by atoms with Crippen molar-refractivity contribution in [2.75, 3.05) is 13.6 Å². The highest BCUT2D eigenvalue weighted by atomic mass is 35.5. The van der Waals surface area contributed by atoms with Gasteiger partial charge in [-0.25, -0.2) is 4.98 Å². The summed E-state index contributed by atoms with van der Waals surface area (Å²) in [6, 6.07) is 5.78. The van der Waals surface area contributed by atoms with Crippen LogP contribution in [0, 0.1) is 0 Å². The standard InChI is InChI=1S/C18H15ClN2O2S/c1-21-5-4-9-15-10(7-11-17(9)24-18(19)20-11)14-8(6-12(15)21)2-3-13(22)16(14)23/h2-3,7,12,22-23H,4-6H2,1H3/t12-/m1/s1. The van der Waals surface area contributed by atoms with Crippen molar-refractivity contribution >= 4 is 33.2 Å². The summed E-state index contributed by atoms with van der Waals surface area (Å²) >= 11 is 7.69. The van der Waals surface area contributed by atoms with Gasteiger partial charge in [-0.1, -0.05) is 17.7 Å². The van der Waals surface area contributed by atoms with Crippen molar-refractivity contribution in [3.05, 3.63) is 39.4 Å². The number of aromatic hydroxyl groups is 2. The zero-order chi connectivity index (χ0) is 16.6. The molecule has 24 heavy (non-hydrogen) atoms. The van der Waals surface area contributed by atoms with Crippen LogP contribution in [0.2, 0.25) is 4.47 Å². The average Bonchev–Trinajstić information content (AvgIpc) is 2.93. The maximum absolute atomic E-state index is 10.5. The molecule has 6 heteroatoms. The molecule has 5 rings (SSSR count). The van der Waals surface area contributed by atoms with Crippen LogP contribution in [0.25, 0.3) is 21.3 Å². The number of hydrogen-bond donors (Lipinski definition) is 2. The third kappa shape index (κ3) is 1.80. The van der Waals surface area contributed by atoms with E-state index < -0.39 is 0 Å². The molecule has 1 aliphatic heterocycles. The number of likely N-dealkylation sites (N-methyl/N-ethyl adjacent to an activating group) is 1. The van der Waals surface area contributed by atoms with E-state index in [1.54, 1.807) is 6.07 Å². The number of hydrogen-bond acceptors (Lipinski definition) is 5. The number of fused-ring (bicyclic) bond motifs is 4. The topological polar surface area (TPSA) is 56.6 Å². The predicted molar refractivity (Wildman–Crippen MR) is 96.2 cm³/mol. The highest BCUT2D eigenvalue weighted by molar-refractivity contribution is 7.22. The molecule has 0 fully saturated rings. The second-order valence-corrected chi connectivity index (χ2v) is 8.13. The SMILES string of the molecule is CN1CCc2c3c(cc4nc(Cl)sc24)-c2c(ccc(O)c2O)C[C@H]31. The lowest BCUT2D eigenvalue weighted by Gasteiger charge is -2.40. The molecule has 1 aromatic heterocycles. The quantitative estimate of drug-likeness (QED) is 0.594. The van der Waals surface area contributed by atoms with Gasteiger partial charge in [0.2, 0.25) is 0 Å². The molecule has 0 saturated heterocycles. The molecule has 2 aromatic carbocycles. The number of phenols is 2. The molecule has 2 aliphatic rings. The summed E-state index contributed by atoms with van der Waals surface area (Å²) in [5.74, 6) is -0.122. The van der Waals surface area contributed by atoms with E-state index in [0.717, 1.165) is 46.3 Å². The number of nitrogens with zero attached hydrogens (tertiary/aromatic N) is 2. The first-order valence-corrected chi connectivity index (χ1v) is 9.10. The molecule has 4 nitrogen and oxygen atoms in total. The fraction of sp³-hybridized carbons (Fsp3) is 0.278. The predicted octanol–water partition coefficient (Wildman–Crippen LogP) is 4.11. The highest BCUT2D eigenvalue weighted by Crippen LogP contribution is 2.52. The Bertz CT molecular complexity index is 1010. The van der Waals surface area contributed by atoms with Gasteiger partial charge in [0.25, 0.3) is 0 Å². The minimum atomic E-state index is -0.0819. The number of halogens is 1. The number of benzene rings is 2. The van der Waals surface area contributed by atoms with Crippen LogP contribution in [0.3, 0.4) is 0 Å². The number of aromatic nitrogens is 1. The van der Waals surface area contributed by atoms with E-state index in [1.165, 1.54) is 22.5 Å². The molecule has 0 bridgehead atoms. The van der Waals surface area contributed by atoms with E-state index in [4.69, 9.17) is 11.6 Å². The normalized spacial score (nSPS) is 19.3. The third-order valence-electron chi connectivity index (χ3n) is 5.30. The van der Waals surface area contributed by atoms with Gasteiger partial charge in [-0.3, -0.25) is 4.90 Å². The zero-order valence-corrected chi connectivity index (χ0v) is 14.6. The lowest BCUT2D eigenvalue weighted by molar-refractivity contribution is 0.228. The van der Waals surface area contributed by atoms with Crippen molar-refractivity contribution < 1.29 is 10.2 Å². The Kier molecular flexibility index (Phi) is 2.93. The second kappa shape index (κ2) is 4.85. The van der Waals surface area contributed by atoms with Gasteiger partial charge in [-0.05, 0) is 54.3 Å². The highest BCUT2D eigenvalue weighted by Gasteiger charge is 2.36. The molecule has 0 unspecified atom stereocenters. The van der Waals surface area contributed by atoms with Crippen molar-refractivity contribution in [3.63, 3.8) is 0 Å². The summed E-state index contributed by atoms with van der Waals surface area (Å²) in [5, 5.41) is 20.5. The summed E-state index contributed by atoms with van der Waals surface area (Å²) in [7, 11) is 2.15. The van der Waals surface area contributed by atoms with Gasteiger partial charge in [0.1, 0.15) is 0 Å². The zero-order valence-electron chi connectivity index (χ0n) is 13.0. The van der Waals surface area contributed by atoms with E-state index in [9.17, 15) is 10.2 Å². The summed E-state index contributed by atoms with van der Waals surface area (Å²) in [5.41, 5.74) is 6.20. The van der Waals surface area contributed by atoms with E-state index in [-0.39, 0.29) is 17.5 Å². The van der Waals surface area contributed by atoms with E-state index in [0.29, 0.717) is 4.47 Å². The smallest absolute Gasteiger partial charge is 0.184 e. The maximum Gasteiger partial charge on any atom is 0.184 e. The Balaban J connectivity index is 1.94. The van der Waals surface area contributed by atoms with Crippen LogP contribution < -0.4 is 0 Å². The lowest BCUT2D eigenvalue weighted by atomic mass is 9.76. The van der Waals surface area contributed by atoms with Crippen LogP contribution in [0.5, 0.6) is 11.5 Å². The van der Waals surface area contributed by atoms with Gasteiger partial charge in [0.15, 0.2) is 16.0 Å². The van der Waals surface area contributed by atoms with Crippen LogP contribution in [0.4, 0.5) is 0 Å². The van der Waals surface area contributed by atoms with Gasteiger partial charge in [-0.15, -0.1) is 11.3 Å². The van der Waals surface area contributed by atoms with Gasteiger partial charge < -0.3 is 10.2 Å². The van der Waals surface area contributed by atoms with Gasteiger partial charge in [0.05, 0.1) is 10.2 Å². The van der Waals surface area contributed by atoms with E-state index in [1.807, 2.05) is 12.1 Å². The molecule has 2 N–H and O–H groups in total. The molecule has 0 spiro atoms. The molecule has 0 radical (unpaired) electrons. The minimum Gasteiger partial charge on any atom is -0.504 e. The van der Waals surface area contributed by atoms with Crippen molar-refractivity contribution in [1.82, 2.24) is 9.88 Å². The van der Waals surface area contributed by atoms with Gasteiger partial charge >= 0.3 is 0 Å². The monoisotopic (exact) mass is 358 g/mol. The lowest BCUT2D eigenvalue weighted by Crippen LogP contribution is -2.35. The molecular formula is C18H15ClN2O2S. The van der Waals surface area contributed by atoms with Crippen molar-refractivity contribution in [2.45, 2.75) is 18.9 Å². The summed E-state index contributed by atoms with van der Waals surface area (Å²) in [4.78, 5) is 6.82. The Labute approximate surface area is 147 Å². The number of phenolic OH excluding ortho intramolecular Hbond substituents is 2. The minimum absolute atomic E-state index is 0.0398. The molecule has 2 heterocycles. The first-order valence-electron chi connectivity index (χ1n) is 7.91. The first-order chi connectivity index (χ1) is 11.5. The maximum atomic E-state index is 10.5. The fourth-order valence-corrected chi connectivity index (χ4v) is 5.36. The molecule has 0 amide bonds. The Morgan fingerprint density at radius 2 is 2.17 bits per heavy atom. The van der Waals surface area contributed by atoms with Crippen LogP contribution in [-0.4, -0.2) is 33.7 Å². The molecule has 1 aliphatic carbocycles. The largest absolute Gasteiger partial charge is 0.504 e. The Morgan fingerprint density at radius 1 is 1.33 bits per heavy atom. The summed E-state index contributed by atoms with van der Waals surface area (Å²) in [6.45, 7) is 0.991. The van der Waals surface area contributed by atoms with Crippen LogP contribution >= 0.6 is 22.9 Å². The van der Waals surface area contributed by atoms with Gasteiger partial charge in [-0.2, -0.15) is 0 Å². The summed E-state index contributed by atoms with van der Waals surface area (Å²) in [6.07, 6.45) is 1.78. The molecule has 1 atom stereocenters. The first kappa shape index (κ1) is 14.5. The number of thiazole rings is 1. The Hall–Kier alpha value is -1.82. The molecule has 122 valence electrons. The average molecular weight is 359 g/mol. The third-order valence-corrected chi connectivity index (χ3v) is 6.54. The van der Waals surface area contributed by atoms with Crippen LogP contribution in [0.15, 0.2) is 18.2 Å². The Morgan fingerprint density at radius 3 is 3.00 bits per heavy atom. The number of rotatable bonds is 0. The van der Waals surface area contributed by atoms with Crippen molar-refractivity contribution in [2.24, 2.45) is 0 Å². The van der Waals surface area contributed by atoms with Gasteiger partial charge in [0, 0.05) is 18.2 Å².